The molecule has 0 saturated heterocycles. The quantitative estimate of drug-likeness (QED) is 0.809. The Hall–Kier alpha value is -0.0600. The van der Waals surface area contributed by atoms with Crippen LogP contribution >= 0.6 is 27.7 Å². The predicted molar refractivity (Wildman–Crippen MR) is 87.8 cm³/mol. The minimum absolute atomic E-state index is 0.562. The summed E-state index contributed by atoms with van der Waals surface area (Å²) in [5, 5.41) is 4.52. The van der Waals surface area contributed by atoms with Gasteiger partial charge in [0.05, 0.1) is 0 Å². The lowest BCUT2D eigenvalue weighted by atomic mass is 10.1. The molecule has 0 amide bonds. The lowest BCUT2D eigenvalue weighted by molar-refractivity contribution is 0.571. The SMILES string of the molecule is CCNC(CSC1CCCC1)Cc1cncc(Br)c1. The second-order valence-electron chi connectivity index (χ2n) is 5.21. The Bertz CT molecular complexity index is 380. The number of hydrogen-bond donors (Lipinski definition) is 1. The molecule has 0 aromatic carbocycles. The van der Waals surface area contributed by atoms with Crippen LogP contribution in [0.5, 0.6) is 0 Å². The molecule has 2 rings (SSSR count). The molecule has 1 aliphatic rings. The topological polar surface area (TPSA) is 24.9 Å². The van der Waals surface area contributed by atoms with E-state index in [9.17, 15) is 0 Å². The molecule has 1 aliphatic carbocycles. The van der Waals surface area contributed by atoms with E-state index in [0.717, 1.165) is 22.7 Å². The van der Waals surface area contributed by atoms with E-state index in [-0.39, 0.29) is 0 Å². The Morgan fingerprint density at radius 2 is 2.21 bits per heavy atom. The summed E-state index contributed by atoms with van der Waals surface area (Å²) in [5.41, 5.74) is 1.31. The van der Waals surface area contributed by atoms with Gasteiger partial charge in [-0.05, 0) is 53.4 Å². The molecule has 1 fully saturated rings. The molecule has 1 atom stereocenters. The summed E-state index contributed by atoms with van der Waals surface area (Å²) in [6.07, 6.45) is 10.6. The minimum Gasteiger partial charge on any atom is -0.313 e. The molecule has 1 heterocycles. The number of likely N-dealkylation sites (N-methyl/N-ethyl adjacent to an activating group) is 1. The number of rotatable bonds is 7. The lowest BCUT2D eigenvalue weighted by Crippen LogP contribution is -2.33. The van der Waals surface area contributed by atoms with Crippen LogP contribution in [0.2, 0.25) is 0 Å². The first-order valence-corrected chi connectivity index (χ1v) is 9.06. The highest BCUT2D eigenvalue weighted by Gasteiger charge is 2.17. The molecule has 2 nitrogen and oxygen atoms in total. The first-order valence-electron chi connectivity index (χ1n) is 7.22. The van der Waals surface area contributed by atoms with Crippen molar-refractivity contribution in [1.29, 1.82) is 0 Å². The summed E-state index contributed by atoms with van der Waals surface area (Å²) in [5.74, 6) is 1.21. The molecular weight excluding hydrogens is 320 g/mol. The van der Waals surface area contributed by atoms with E-state index in [4.69, 9.17) is 0 Å². The second kappa shape index (κ2) is 8.28. The molecule has 4 heteroatoms. The number of thioether (sulfide) groups is 1. The van der Waals surface area contributed by atoms with E-state index in [1.807, 2.05) is 12.4 Å². The fourth-order valence-electron chi connectivity index (χ4n) is 2.64. The lowest BCUT2D eigenvalue weighted by Gasteiger charge is -2.19. The zero-order valence-electron chi connectivity index (χ0n) is 11.6. The summed E-state index contributed by atoms with van der Waals surface area (Å²) < 4.78 is 1.07. The summed E-state index contributed by atoms with van der Waals surface area (Å²) in [6, 6.07) is 2.74. The standard InChI is InChI=1S/C15H23BrN2S/c1-2-18-14(11-19-15-5-3-4-6-15)8-12-7-13(16)10-17-9-12/h7,9-10,14-15,18H,2-6,8,11H2,1H3. The van der Waals surface area contributed by atoms with E-state index < -0.39 is 0 Å². The van der Waals surface area contributed by atoms with Crippen LogP contribution in [0, 0.1) is 0 Å². The van der Waals surface area contributed by atoms with Crippen LogP contribution in [0.3, 0.4) is 0 Å². The van der Waals surface area contributed by atoms with Crippen molar-refractivity contribution in [2.24, 2.45) is 0 Å². The molecule has 106 valence electrons. The largest absolute Gasteiger partial charge is 0.313 e. The predicted octanol–water partition coefficient (Wildman–Crippen LogP) is 4.04. The number of halogens is 1. The van der Waals surface area contributed by atoms with Gasteiger partial charge in [0.15, 0.2) is 0 Å². The first-order chi connectivity index (χ1) is 9.28. The average Bonchev–Trinajstić information content (AvgIpc) is 2.89. The fourth-order valence-corrected chi connectivity index (χ4v) is 4.46. The van der Waals surface area contributed by atoms with Gasteiger partial charge in [-0.25, -0.2) is 0 Å². The van der Waals surface area contributed by atoms with E-state index in [2.05, 4.69) is 51.0 Å². The molecule has 0 radical (unpaired) electrons. The van der Waals surface area contributed by atoms with Gasteiger partial charge in [-0.1, -0.05) is 19.8 Å². The van der Waals surface area contributed by atoms with Crippen molar-refractivity contribution in [3.63, 3.8) is 0 Å². The molecular formula is C15H23BrN2S. The summed E-state index contributed by atoms with van der Waals surface area (Å²) in [4.78, 5) is 4.25. The molecule has 1 N–H and O–H groups in total. The average molecular weight is 343 g/mol. The third kappa shape index (κ3) is 5.44. The summed E-state index contributed by atoms with van der Waals surface area (Å²) >= 11 is 5.66. The van der Waals surface area contributed by atoms with Gasteiger partial charge in [0.25, 0.3) is 0 Å². The Morgan fingerprint density at radius 1 is 1.42 bits per heavy atom. The van der Waals surface area contributed by atoms with Gasteiger partial charge in [-0.3, -0.25) is 4.98 Å². The maximum absolute atomic E-state index is 4.25. The molecule has 1 saturated carbocycles. The molecule has 0 aliphatic heterocycles. The maximum atomic E-state index is 4.25. The Labute approximate surface area is 129 Å². The highest BCUT2D eigenvalue weighted by Crippen LogP contribution is 2.30. The van der Waals surface area contributed by atoms with Crippen LogP contribution < -0.4 is 5.32 Å². The Balaban J connectivity index is 1.84. The molecule has 0 bridgehead atoms. The molecule has 1 unspecified atom stereocenters. The van der Waals surface area contributed by atoms with Gasteiger partial charge in [-0.15, -0.1) is 0 Å². The van der Waals surface area contributed by atoms with Crippen molar-refractivity contribution in [3.8, 4) is 0 Å². The van der Waals surface area contributed by atoms with Crippen molar-refractivity contribution in [1.82, 2.24) is 10.3 Å². The number of nitrogens with zero attached hydrogens (tertiary/aromatic N) is 1. The minimum atomic E-state index is 0.562. The molecule has 1 aromatic heterocycles. The summed E-state index contributed by atoms with van der Waals surface area (Å²) in [6.45, 7) is 3.23. The fraction of sp³-hybridized carbons (Fsp3) is 0.667. The zero-order chi connectivity index (χ0) is 13.5. The van der Waals surface area contributed by atoms with Crippen molar-refractivity contribution in [2.75, 3.05) is 12.3 Å². The van der Waals surface area contributed by atoms with Crippen LogP contribution in [0.1, 0.15) is 38.2 Å². The van der Waals surface area contributed by atoms with Gasteiger partial charge in [-0.2, -0.15) is 11.8 Å². The van der Waals surface area contributed by atoms with Crippen molar-refractivity contribution >= 4 is 27.7 Å². The van der Waals surface area contributed by atoms with Crippen molar-refractivity contribution in [2.45, 2.75) is 50.3 Å². The highest BCUT2D eigenvalue weighted by atomic mass is 79.9. The van der Waals surface area contributed by atoms with Gasteiger partial charge in [0, 0.05) is 33.9 Å². The van der Waals surface area contributed by atoms with Crippen molar-refractivity contribution in [3.05, 3.63) is 28.5 Å². The Morgan fingerprint density at radius 3 is 2.89 bits per heavy atom. The third-order valence-corrected chi connectivity index (χ3v) is 5.54. The van der Waals surface area contributed by atoms with Crippen LogP contribution in [-0.2, 0) is 6.42 Å². The van der Waals surface area contributed by atoms with Crippen LogP contribution in [0.4, 0.5) is 0 Å². The smallest absolute Gasteiger partial charge is 0.0410 e. The van der Waals surface area contributed by atoms with Gasteiger partial charge in [0.2, 0.25) is 0 Å². The van der Waals surface area contributed by atoms with Crippen molar-refractivity contribution < 1.29 is 0 Å². The number of nitrogens with one attached hydrogen (secondary N) is 1. The zero-order valence-corrected chi connectivity index (χ0v) is 14.0. The summed E-state index contributed by atoms with van der Waals surface area (Å²) in [7, 11) is 0. The maximum Gasteiger partial charge on any atom is 0.0410 e. The molecule has 19 heavy (non-hydrogen) atoms. The van der Waals surface area contributed by atoms with Gasteiger partial charge >= 0.3 is 0 Å². The molecule has 0 spiro atoms. The molecule has 1 aromatic rings. The normalized spacial score (nSPS) is 17.8. The van der Waals surface area contributed by atoms with E-state index in [1.54, 1.807) is 0 Å². The second-order valence-corrected chi connectivity index (χ2v) is 7.46. The number of aromatic nitrogens is 1. The number of hydrogen-bond acceptors (Lipinski definition) is 3. The van der Waals surface area contributed by atoms with Crippen LogP contribution in [0.15, 0.2) is 22.9 Å². The van der Waals surface area contributed by atoms with Gasteiger partial charge in [0.1, 0.15) is 0 Å². The van der Waals surface area contributed by atoms with E-state index in [1.165, 1.54) is 37.0 Å². The monoisotopic (exact) mass is 342 g/mol. The highest BCUT2D eigenvalue weighted by molar-refractivity contribution is 9.10. The number of pyridine rings is 1. The van der Waals surface area contributed by atoms with Gasteiger partial charge < -0.3 is 5.32 Å². The first kappa shape index (κ1) is 15.3. The van der Waals surface area contributed by atoms with Crippen LogP contribution in [-0.4, -0.2) is 28.6 Å². The van der Waals surface area contributed by atoms with E-state index >= 15 is 0 Å². The van der Waals surface area contributed by atoms with Crippen LogP contribution in [0.25, 0.3) is 0 Å². The third-order valence-electron chi connectivity index (χ3n) is 3.57. The van der Waals surface area contributed by atoms with E-state index in [0.29, 0.717) is 6.04 Å². The Kier molecular flexibility index (Phi) is 6.68.